The van der Waals surface area contributed by atoms with Gasteiger partial charge in [0.15, 0.2) is 5.78 Å². The summed E-state index contributed by atoms with van der Waals surface area (Å²) in [5, 5.41) is 20.6. The Kier molecular flexibility index (Phi) is 12.9. The molecule has 0 bridgehead atoms. The van der Waals surface area contributed by atoms with Crippen LogP contribution in [0.3, 0.4) is 0 Å². The highest BCUT2D eigenvalue weighted by atomic mass is 19.1. The van der Waals surface area contributed by atoms with Crippen LogP contribution in [0.15, 0.2) is 96.6 Å². The van der Waals surface area contributed by atoms with Gasteiger partial charge in [0.2, 0.25) is 6.41 Å². The Balaban J connectivity index is 1.18. The highest BCUT2D eigenvalue weighted by molar-refractivity contribution is 5.96. The van der Waals surface area contributed by atoms with E-state index >= 15 is 0 Å². The summed E-state index contributed by atoms with van der Waals surface area (Å²) in [7, 11) is 0. The van der Waals surface area contributed by atoms with E-state index < -0.39 is 0 Å². The molecular formula is C42H45FN6O2. The number of piperidine rings is 1. The quantitative estimate of drug-likeness (QED) is 0.0517. The first-order valence-corrected chi connectivity index (χ1v) is 17.7. The minimum absolute atomic E-state index is 0.0434. The number of nitrogens with zero attached hydrogens (tertiary/aromatic N) is 6. The number of hydrogen-bond donors (Lipinski definition) is 0. The Morgan fingerprint density at radius 3 is 2.22 bits per heavy atom. The number of ketones is 1. The summed E-state index contributed by atoms with van der Waals surface area (Å²) in [5.41, 5.74) is 4.35. The van der Waals surface area contributed by atoms with Crippen LogP contribution in [0.4, 0.5) is 15.8 Å². The molecule has 0 aromatic heterocycles. The molecule has 0 N–H and O–H groups in total. The van der Waals surface area contributed by atoms with Gasteiger partial charge in [0.25, 0.3) is 0 Å². The number of halogens is 1. The number of rotatable bonds is 16. The number of anilines is 2. The summed E-state index contributed by atoms with van der Waals surface area (Å²) in [4.78, 5) is 33.9. The molecule has 1 fully saturated rings. The number of nitriles is 2. The van der Waals surface area contributed by atoms with Crippen molar-refractivity contribution < 1.29 is 14.0 Å². The third-order valence-electron chi connectivity index (χ3n) is 9.87. The van der Waals surface area contributed by atoms with Crippen molar-refractivity contribution in [3.05, 3.63) is 114 Å². The van der Waals surface area contributed by atoms with Crippen molar-refractivity contribution in [3.8, 4) is 12.1 Å². The molecule has 0 unspecified atom stereocenters. The predicted molar refractivity (Wildman–Crippen MR) is 202 cm³/mol. The van der Waals surface area contributed by atoms with Gasteiger partial charge in [-0.15, -0.1) is 0 Å². The van der Waals surface area contributed by atoms with Crippen LogP contribution in [0, 0.1) is 28.5 Å². The third-order valence-corrected chi connectivity index (χ3v) is 9.87. The van der Waals surface area contributed by atoms with Crippen molar-refractivity contribution in [2.24, 2.45) is 0 Å². The summed E-state index contributed by atoms with van der Waals surface area (Å²) in [5.74, 6) is -0.295. The number of hydrogen-bond acceptors (Lipinski definition) is 7. The molecule has 0 radical (unpaired) electrons. The first-order chi connectivity index (χ1) is 24.8. The molecule has 51 heavy (non-hydrogen) atoms. The van der Waals surface area contributed by atoms with E-state index in [1.54, 1.807) is 19.1 Å². The number of amides is 1. The van der Waals surface area contributed by atoms with Crippen LogP contribution < -0.4 is 9.80 Å². The van der Waals surface area contributed by atoms with Crippen LogP contribution in [-0.2, 0) is 4.79 Å². The van der Waals surface area contributed by atoms with Gasteiger partial charge in [0.05, 0.1) is 6.67 Å². The van der Waals surface area contributed by atoms with Gasteiger partial charge in [-0.1, -0.05) is 36.4 Å². The number of carbonyl (C=O) groups excluding carboxylic acids is 2. The monoisotopic (exact) mass is 684 g/mol. The molecule has 1 aliphatic heterocycles. The largest absolute Gasteiger partial charge is 0.370 e. The van der Waals surface area contributed by atoms with Crippen LogP contribution in [0.5, 0.6) is 0 Å². The van der Waals surface area contributed by atoms with E-state index in [2.05, 4.69) is 52.0 Å². The lowest BCUT2D eigenvalue weighted by atomic mass is 9.99. The van der Waals surface area contributed by atoms with Crippen molar-refractivity contribution in [1.82, 2.24) is 9.80 Å². The summed E-state index contributed by atoms with van der Waals surface area (Å²) in [6.07, 6.45) is 4.06. The Morgan fingerprint density at radius 2 is 1.55 bits per heavy atom. The average Bonchev–Trinajstić information content (AvgIpc) is 3.17. The number of carbonyl (C=O) groups is 2. The number of fused-ring (bicyclic) bond motifs is 1. The molecule has 262 valence electrons. The van der Waals surface area contributed by atoms with Gasteiger partial charge in [0.1, 0.15) is 23.5 Å². The molecule has 0 spiro atoms. The summed E-state index contributed by atoms with van der Waals surface area (Å²) >= 11 is 0. The predicted octanol–water partition coefficient (Wildman–Crippen LogP) is 7.68. The van der Waals surface area contributed by atoms with Gasteiger partial charge in [-0.05, 0) is 116 Å². The van der Waals surface area contributed by atoms with Gasteiger partial charge >= 0.3 is 0 Å². The minimum atomic E-state index is -0.338. The number of allylic oxidation sites excluding steroid dienone is 2. The summed E-state index contributed by atoms with van der Waals surface area (Å²) in [6, 6.07) is 32.5. The molecule has 1 amide bonds. The number of likely N-dealkylation sites (N-methyl/N-ethyl adjacent to an activating group) is 1. The number of benzene rings is 4. The molecule has 1 heterocycles. The molecule has 4 aromatic rings. The number of Topliss-reactive ketones (excluding diaryl/α,β-unsaturated/α-hetero) is 1. The maximum Gasteiger partial charge on any atom is 0.211 e. The molecule has 0 saturated carbocycles. The van der Waals surface area contributed by atoms with Crippen LogP contribution >= 0.6 is 0 Å². The van der Waals surface area contributed by atoms with E-state index in [-0.39, 0.29) is 23.2 Å². The fourth-order valence-electron chi connectivity index (χ4n) is 6.80. The van der Waals surface area contributed by atoms with E-state index in [4.69, 9.17) is 0 Å². The Labute approximate surface area is 300 Å². The molecule has 4 aromatic carbocycles. The van der Waals surface area contributed by atoms with Gasteiger partial charge < -0.3 is 19.6 Å². The van der Waals surface area contributed by atoms with E-state index in [9.17, 15) is 24.5 Å². The molecular weight excluding hydrogens is 640 g/mol. The van der Waals surface area contributed by atoms with Crippen molar-refractivity contribution >= 4 is 39.9 Å². The first-order valence-electron chi connectivity index (χ1n) is 17.7. The molecule has 1 aliphatic rings. The van der Waals surface area contributed by atoms with Gasteiger partial charge in [0, 0.05) is 62.1 Å². The lowest BCUT2D eigenvalue weighted by Gasteiger charge is -2.41. The van der Waals surface area contributed by atoms with Gasteiger partial charge in [-0.25, -0.2) is 4.39 Å². The summed E-state index contributed by atoms with van der Waals surface area (Å²) in [6.45, 7) is 9.09. The molecule has 1 saturated heterocycles. The lowest BCUT2D eigenvalue weighted by Crippen LogP contribution is -2.50. The van der Waals surface area contributed by atoms with Crippen molar-refractivity contribution in [1.29, 1.82) is 10.5 Å². The van der Waals surface area contributed by atoms with E-state index in [0.29, 0.717) is 37.3 Å². The zero-order valence-corrected chi connectivity index (χ0v) is 29.5. The minimum Gasteiger partial charge on any atom is -0.370 e. The van der Waals surface area contributed by atoms with E-state index in [0.717, 1.165) is 79.6 Å². The first kappa shape index (κ1) is 36.8. The zero-order valence-electron chi connectivity index (χ0n) is 29.5. The molecule has 0 atom stereocenters. The van der Waals surface area contributed by atoms with Crippen molar-refractivity contribution in [3.63, 3.8) is 0 Å². The fraction of sp³-hybridized carbons (Fsp3) is 0.333. The molecule has 8 nitrogen and oxygen atoms in total. The standard InChI is InChI=1S/C42H45FN6O2/c1-3-48(41-18-15-35-26-34(11-12-36(35)27-41)32(2)37(28-44)29-45)25-24-47(31-50)30-49(39-8-5-4-6-9-39)40-19-22-46(23-20-40)21-7-10-42(51)33-13-16-38(43)17-14-33/h4-6,8-9,11-18,26-27,31,40H,3,7,10,19-25,30H2,1-2H3. The molecule has 9 heteroatoms. The van der Waals surface area contributed by atoms with Crippen molar-refractivity contribution in [2.75, 3.05) is 55.7 Å². The number of para-hydroxylation sites is 1. The molecule has 5 rings (SSSR count). The van der Waals surface area contributed by atoms with Gasteiger partial charge in [-0.2, -0.15) is 10.5 Å². The van der Waals surface area contributed by atoms with Crippen LogP contribution in [0.25, 0.3) is 16.3 Å². The lowest BCUT2D eigenvalue weighted by molar-refractivity contribution is -0.118. The Morgan fingerprint density at radius 1 is 0.882 bits per heavy atom. The van der Waals surface area contributed by atoms with E-state index in [1.165, 1.54) is 12.1 Å². The van der Waals surface area contributed by atoms with Crippen LogP contribution in [0.2, 0.25) is 0 Å². The topological polar surface area (TPSA) is 94.7 Å². The van der Waals surface area contributed by atoms with Crippen LogP contribution in [-0.4, -0.2) is 74.0 Å². The van der Waals surface area contributed by atoms with Crippen molar-refractivity contribution in [2.45, 2.75) is 45.6 Å². The SMILES string of the molecule is CCN(CCN(C=O)CN(c1ccccc1)C1CCN(CCCC(=O)c2ccc(F)cc2)CC1)c1ccc2cc(C(C)=C(C#N)C#N)ccc2c1. The Hall–Kier alpha value is -5.51. The van der Waals surface area contributed by atoms with Gasteiger partial charge in [-0.3, -0.25) is 9.59 Å². The normalized spacial score (nSPS) is 13.2. The highest BCUT2D eigenvalue weighted by Crippen LogP contribution is 2.28. The second-order valence-electron chi connectivity index (χ2n) is 13.0. The smallest absolute Gasteiger partial charge is 0.211 e. The van der Waals surface area contributed by atoms with Crippen LogP contribution in [0.1, 0.15) is 55.5 Å². The molecule has 0 aliphatic carbocycles. The summed E-state index contributed by atoms with van der Waals surface area (Å²) < 4.78 is 13.2. The Bertz CT molecular complexity index is 1890. The third kappa shape index (κ3) is 9.60. The average molecular weight is 685 g/mol. The fourth-order valence-corrected chi connectivity index (χ4v) is 6.80. The maximum absolute atomic E-state index is 13.2. The highest BCUT2D eigenvalue weighted by Gasteiger charge is 2.26. The number of likely N-dealkylation sites (tertiary alicyclic amines) is 1. The second-order valence-corrected chi connectivity index (χ2v) is 13.0. The van der Waals surface area contributed by atoms with E-state index in [1.807, 2.05) is 53.4 Å². The zero-order chi connectivity index (χ0) is 36.2. The second kappa shape index (κ2) is 17.9. The maximum atomic E-state index is 13.2.